The summed E-state index contributed by atoms with van der Waals surface area (Å²) in [7, 11) is 0. The number of carbonyl (C=O) groups excluding carboxylic acids is 1. The zero-order valence-corrected chi connectivity index (χ0v) is 15.9. The first kappa shape index (κ1) is 17.0. The number of aromatic nitrogens is 2. The average Bonchev–Trinajstić information content (AvgIpc) is 3.08. The van der Waals surface area contributed by atoms with Gasteiger partial charge in [0, 0.05) is 10.5 Å². The molecular formula is C21H20BrN3O. The zero-order valence-electron chi connectivity index (χ0n) is 14.4. The average molecular weight is 410 g/mol. The van der Waals surface area contributed by atoms with Gasteiger partial charge < -0.3 is 5.32 Å². The second kappa shape index (κ2) is 7.46. The Morgan fingerprint density at radius 1 is 1.19 bits per heavy atom. The second-order valence-electron chi connectivity index (χ2n) is 6.64. The SMILES string of the molecule is O=C(Nc1ccnn1Cc1cccc(Br)c1)C1CCCc2ccccc21. The Kier molecular flexibility index (Phi) is 4.89. The molecule has 5 heteroatoms. The molecule has 1 aliphatic rings. The van der Waals surface area contributed by atoms with Crippen molar-refractivity contribution < 1.29 is 4.79 Å². The van der Waals surface area contributed by atoms with E-state index < -0.39 is 0 Å². The van der Waals surface area contributed by atoms with Crippen molar-refractivity contribution >= 4 is 27.7 Å². The summed E-state index contributed by atoms with van der Waals surface area (Å²) >= 11 is 3.49. The maximum Gasteiger partial charge on any atom is 0.233 e. The summed E-state index contributed by atoms with van der Waals surface area (Å²) in [6, 6.07) is 18.2. The fourth-order valence-electron chi connectivity index (χ4n) is 3.61. The largest absolute Gasteiger partial charge is 0.310 e. The molecule has 1 amide bonds. The van der Waals surface area contributed by atoms with Gasteiger partial charge in [-0.1, -0.05) is 52.3 Å². The van der Waals surface area contributed by atoms with Gasteiger partial charge in [0.25, 0.3) is 0 Å². The van der Waals surface area contributed by atoms with Crippen molar-refractivity contribution in [1.82, 2.24) is 9.78 Å². The highest BCUT2D eigenvalue weighted by atomic mass is 79.9. The van der Waals surface area contributed by atoms with Gasteiger partial charge in [0.15, 0.2) is 0 Å². The van der Waals surface area contributed by atoms with Gasteiger partial charge in [-0.3, -0.25) is 4.79 Å². The number of hydrogen-bond acceptors (Lipinski definition) is 2. The lowest BCUT2D eigenvalue weighted by Crippen LogP contribution is -2.26. The van der Waals surface area contributed by atoms with E-state index in [-0.39, 0.29) is 11.8 Å². The molecule has 0 fully saturated rings. The predicted molar refractivity (Wildman–Crippen MR) is 106 cm³/mol. The van der Waals surface area contributed by atoms with Crippen LogP contribution in [0.1, 0.15) is 35.4 Å². The number of halogens is 1. The third-order valence-corrected chi connectivity index (χ3v) is 5.37. The minimum Gasteiger partial charge on any atom is -0.310 e. The van der Waals surface area contributed by atoms with Crippen molar-refractivity contribution in [3.63, 3.8) is 0 Å². The summed E-state index contributed by atoms with van der Waals surface area (Å²) in [5, 5.41) is 7.46. The molecule has 1 aromatic heterocycles. The highest BCUT2D eigenvalue weighted by Crippen LogP contribution is 2.32. The van der Waals surface area contributed by atoms with Crippen molar-refractivity contribution in [2.24, 2.45) is 0 Å². The van der Waals surface area contributed by atoms with Crippen LogP contribution in [-0.2, 0) is 17.8 Å². The summed E-state index contributed by atoms with van der Waals surface area (Å²) in [5.41, 5.74) is 3.58. The molecule has 26 heavy (non-hydrogen) atoms. The number of anilines is 1. The molecule has 4 nitrogen and oxygen atoms in total. The van der Waals surface area contributed by atoms with Crippen LogP contribution in [-0.4, -0.2) is 15.7 Å². The zero-order chi connectivity index (χ0) is 17.9. The van der Waals surface area contributed by atoms with Gasteiger partial charge in [-0.25, -0.2) is 4.68 Å². The molecule has 0 radical (unpaired) electrons. The van der Waals surface area contributed by atoms with E-state index in [4.69, 9.17) is 0 Å². The molecule has 1 aliphatic carbocycles. The van der Waals surface area contributed by atoms with Gasteiger partial charge in [0.1, 0.15) is 5.82 Å². The van der Waals surface area contributed by atoms with E-state index in [9.17, 15) is 4.79 Å². The molecule has 132 valence electrons. The molecule has 0 saturated carbocycles. The van der Waals surface area contributed by atoms with Crippen molar-refractivity contribution in [2.75, 3.05) is 5.32 Å². The minimum atomic E-state index is -0.0887. The molecule has 2 aromatic carbocycles. The Morgan fingerprint density at radius 3 is 2.96 bits per heavy atom. The molecule has 1 heterocycles. The molecule has 0 saturated heterocycles. The van der Waals surface area contributed by atoms with Gasteiger partial charge in [-0.05, 0) is 48.1 Å². The van der Waals surface area contributed by atoms with Crippen LogP contribution in [0.4, 0.5) is 5.82 Å². The quantitative estimate of drug-likeness (QED) is 0.675. The van der Waals surface area contributed by atoms with Crippen molar-refractivity contribution in [1.29, 1.82) is 0 Å². The third-order valence-electron chi connectivity index (χ3n) is 4.88. The van der Waals surface area contributed by atoms with Crippen LogP contribution >= 0.6 is 15.9 Å². The predicted octanol–water partition coefficient (Wildman–Crippen LogP) is 4.75. The fourth-order valence-corrected chi connectivity index (χ4v) is 4.06. The van der Waals surface area contributed by atoms with Crippen molar-refractivity contribution in [3.8, 4) is 0 Å². The van der Waals surface area contributed by atoms with Crippen LogP contribution in [0.3, 0.4) is 0 Å². The molecule has 4 rings (SSSR count). The lowest BCUT2D eigenvalue weighted by atomic mass is 9.82. The summed E-state index contributed by atoms with van der Waals surface area (Å²) in [6.07, 6.45) is 4.72. The normalized spacial score (nSPS) is 16.1. The maximum absolute atomic E-state index is 12.9. The first-order valence-electron chi connectivity index (χ1n) is 8.85. The van der Waals surface area contributed by atoms with Gasteiger partial charge in [0.05, 0.1) is 18.7 Å². The Morgan fingerprint density at radius 2 is 2.08 bits per heavy atom. The van der Waals surface area contributed by atoms with Crippen LogP contribution in [0.2, 0.25) is 0 Å². The van der Waals surface area contributed by atoms with E-state index in [1.54, 1.807) is 6.20 Å². The van der Waals surface area contributed by atoms with E-state index in [0.29, 0.717) is 6.54 Å². The summed E-state index contributed by atoms with van der Waals surface area (Å²) < 4.78 is 2.86. The maximum atomic E-state index is 12.9. The number of fused-ring (bicyclic) bond motifs is 1. The van der Waals surface area contributed by atoms with E-state index in [0.717, 1.165) is 40.7 Å². The Bertz CT molecular complexity index is 934. The van der Waals surface area contributed by atoms with Crippen LogP contribution in [0.15, 0.2) is 65.3 Å². The van der Waals surface area contributed by atoms with Gasteiger partial charge >= 0.3 is 0 Å². The Hall–Kier alpha value is -2.40. The lowest BCUT2D eigenvalue weighted by Gasteiger charge is -2.24. The Labute approximate surface area is 161 Å². The van der Waals surface area contributed by atoms with Crippen LogP contribution in [0.25, 0.3) is 0 Å². The number of nitrogens with one attached hydrogen (secondary N) is 1. The number of amides is 1. The number of hydrogen-bond donors (Lipinski definition) is 1. The standard InChI is InChI=1S/C21H20BrN3O/c22-17-8-3-5-15(13-17)14-25-20(11-12-23-25)24-21(26)19-10-4-7-16-6-1-2-9-18(16)19/h1-3,5-6,8-9,11-13,19H,4,7,10,14H2,(H,24,26). The van der Waals surface area contributed by atoms with Gasteiger partial charge in [-0.15, -0.1) is 0 Å². The van der Waals surface area contributed by atoms with Crippen LogP contribution in [0, 0.1) is 0 Å². The van der Waals surface area contributed by atoms with Crippen molar-refractivity contribution in [3.05, 3.63) is 82.0 Å². The smallest absolute Gasteiger partial charge is 0.233 e. The molecule has 3 aromatic rings. The second-order valence-corrected chi connectivity index (χ2v) is 7.55. The number of rotatable bonds is 4. The molecule has 1 N–H and O–H groups in total. The monoisotopic (exact) mass is 409 g/mol. The van der Waals surface area contributed by atoms with Crippen LogP contribution < -0.4 is 5.32 Å². The highest BCUT2D eigenvalue weighted by molar-refractivity contribution is 9.10. The summed E-state index contributed by atoms with van der Waals surface area (Å²) in [6.45, 7) is 0.614. The number of aryl methyl sites for hydroxylation is 1. The number of carbonyl (C=O) groups is 1. The number of benzene rings is 2. The first-order chi connectivity index (χ1) is 12.7. The first-order valence-corrected chi connectivity index (χ1v) is 9.65. The lowest BCUT2D eigenvalue weighted by molar-refractivity contribution is -0.117. The van der Waals surface area contributed by atoms with E-state index in [1.807, 2.05) is 35.0 Å². The van der Waals surface area contributed by atoms with Gasteiger partial charge in [0.2, 0.25) is 5.91 Å². The van der Waals surface area contributed by atoms with Gasteiger partial charge in [-0.2, -0.15) is 5.10 Å². The van der Waals surface area contributed by atoms with E-state index in [1.165, 1.54) is 5.56 Å². The van der Waals surface area contributed by atoms with Crippen LogP contribution in [0.5, 0.6) is 0 Å². The summed E-state index contributed by atoms with van der Waals surface area (Å²) in [5.74, 6) is 0.695. The Balaban J connectivity index is 1.52. The third kappa shape index (κ3) is 3.58. The van der Waals surface area contributed by atoms with Crippen molar-refractivity contribution in [2.45, 2.75) is 31.7 Å². The van der Waals surface area contributed by atoms with E-state index >= 15 is 0 Å². The fraction of sp³-hybridized carbons (Fsp3) is 0.238. The molecule has 1 unspecified atom stereocenters. The molecule has 0 bridgehead atoms. The molecular weight excluding hydrogens is 390 g/mol. The van der Waals surface area contributed by atoms with E-state index in [2.05, 4.69) is 50.6 Å². The number of nitrogens with zero attached hydrogens (tertiary/aromatic N) is 2. The molecule has 1 atom stereocenters. The topological polar surface area (TPSA) is 46.9 Å². The molecule has 0 spiro atoms. The molecule has 0 aliphatic heterocycles. The minimum absolute atomic E-state index is 0.0492. The summed E-state index contributed by atoms with van der Waals surface area (Å²) in [4.78, 5) is 12.9. The highest BCUT2D eigenvalue weighted by Gasteiger charge is 2.26.